The molecule has 0 radical (unpaired) electrons. The Labute approximate surface area is 206 Å². The molecule has 0 fully saturated rings. The molecular formula is C27H42O6Si. The van der Waals surface area contributed by atoms with Crippen molar-refractivity contribution in [3.63, 3.8) is 0 Å². The quantitative estimate of drug-likeness (QED) is 0.0666. The van der Waals surface area contributed by atoms with E-state index in [1.165, 1.54) is 0 Å². The fourth-order valence-electron chi connectivity index (χ4n) is 3.35. The van der Waals surface area contributed by atoms with E-state index in [2.05, 4.69) is 38.1 Å². The summed E-state index contributed by atoms with van der Waals surface area (Å²) in [6.07, 6.45) is 2.57. The molecule has 0 aromatic carbocycles. The van der Waals surface area contributed by atoms with Gasteiger partial charge in [0.05, 0.1) is 6.61 Å². The molecule has 0 unspecified atom stereocenters. The van der Waals surface area contributed by atoms with Crippen molar-refractivity contribution in [3.05, 3.63) is 40.9 Å². The van der Waals surface area contributed by atoms with E-state index < -0.39 is 14.2 Å². The minimum atomic E-state index is -1.19. The van der Waals surface area contributed by atoms with Gasteiger partial charge < -0.3 is 23.7 Å². The Hall–Kier alpha value is -2.11. The van der Waals surface area contributed by atoms with Gasteiger partial charge >= 0.3 is 5.97 Å². The van der Waals surface area contributed by atoms with Crippen molar-refractivity contribution in [2.75, 3.05) is 26.6 Å². The first-order valence-corrected chi connectivity index (χ1v) is 15.6. The van der Waals surface area contributed by atoms with E-state index in [1.54, 1.807) is 19.9 Å². The number of ether oxygens (including phenoxy) is 3. The number of aliphatic hydroxyl groups excluding tert-OH is 1. The Balaban J connectivity index is 3.15. The van der Waals surface area contributed by atoms with Crippen molar-refractivity contribution in [3.8, 4) is 11.8 Å². The number of furan rings is 1. The number of carbonyl (C=O) groups excluding carboxylic acids is 1. The van der Waals surface area contributed by atoms with E-state index in [0.29, 0.717) is 43.1 Å². The van der Waals surface area contributed by atoms with Crippen LogP contribution in [0.25, 0.3) is 6.08 Å². The largest absolute Gasteiger partial charge is 0.463 e. The molecule has 0 bridgehead atoms. The number of aliphatic hydroxyl groups is 1. The summed E-state index contributed by atoms with van der Waals surface area (Å²) in [5.74, 6) is 6.48. The summed E-state index contributed by atoms with van der Waals surface area (Å²) in [6.45, 7) is 19.5. The van der Waals surface area contributed by atoms with Gasteiger partial charge in [0.1, 0.15) is 31.0 Å². The fraction of sp³-hybridized carbons (Fsp3) is 0.593. The first-order valence-electron chi connectivity index (χ1n) is 11.9. The van der Waals surface area contributed by atoms with Crippen LogP contribution in [0.15, 0.2) is 28.2 Å². The molecule has 0 saturated carbocycles. The van der Waals surface area contributed by atoms with E-state index in [-0.39, 0.29) is 25.3 Å². The highest BCUT2D eigenvalue weighted by Crippen LogP contribution is 2.37. The maximum absolute atomic E-state index is 12.0. The standard InChI is InChI=1S/C27H42O6Si/c1-9-31-27(29)22(5)18-23-17-21(4)25(33-23)26(32-19-30-15-16-34(6,7)8)24(20(2)3)13-11-10-12-14-28/h17-18,24,26,28H,2,9,11,13-16,19H2,1,3-8H3/b22-18-/t24-,26-/m0/s1. The van der Waals surface area contributed by atoms with Gasteiger partial charge in [-0.05, 0) is 57.9 Å². The molecule has 6 nitrogen and oxygen atoms in total. The number of rotatable bonds is 14. The highest BCUT2D eigenvalue weighted by molar-refractivity contribution is 6.76. The zero-order valence-electron chi connectivity index (χ0n) is 22.0. The van der Waals surface area contributed by atoms with Crippen LogP contribution in [0.5, 0.6) is 0 Å². The van der Waals surface area contributed by atoms with Crippen molar-refractivity contribution < 1.29 is 28.5 Å². The first kappa shape index (κ1) is 29.9. The van der Waals surface area contributed by atoms with Crippen LogP contribution < -0.4 is 0 Å². The van der Waals surface area contributed by atoms with E-state index in [1.807, 2.05) is 19.9 Å². The van der Waals surface area contributed by atoms with Crippen LogP contribution in [0.3, 0.4) is 0 Å². The van der Waals surface area contributed by atoms with Gasteiger partial charge in [0, 0.05) is 32.6 Å². The third-order valence-corrected chi connectivity index (χ3v) is 7.00. The van der Waals surface area contributed by atoms with Crippen LogP contribution in [-0.4, -0.2) is 45.8 Å². The molecule has 0 saturated heterocycles. The van der Waals surface area contributed by atoms with Crippen LogP contribution in [0.1, 0.15) is 56.8 Å². The molecular weight excluding hydrogens is 448 g/mol. The van der Waals surface area contributed by atoms with Gasteiger partial charge in [-0.15, -0.1) is 5.92 Å². The lowest BCUT2D eigenvalue weighted by Crippen LogP contribution is -2.23. The second-order valence-electron chi connectivity index (χ2n) is 9.67. The molecule has 2 atom stereocenters. The third-order valence-electron chi connectivity index (χ3n) is 5.30. The Bertz CT molecular complexity index is 881. The van der Waals surface area contributed by atoms with Crippen molar-refractivity contribution in [2.45, 2.75) is 72.3 Å². The molecule has 0 aliphatic heterocycles. The zero-order chi connectivity index (χ0) is 25.7. The number of aryl methyl sites for hydroxylation is 1. The van der Waals surface area contributed by atoms with E-state index in [4.69, 9.17) is 23.7 Å². The van der Waals surface area contributed by atoms with Crippen LogP contribution in [0.4, 0.5) is 0 Å². The molecule has 1 aromatic rings. The molecule has 1 N–H and O–H groups in total. The summed E-state index contributed by atoms with van der Waals surface area (Å²) < 4.78 is 23.3. The number of hydrogen-bond donors (Lipinski definition) is 1. The maximum Gasteiger partial charge on any atom is 0.333 e. The van der Waals surface area contributed by atoms with Gasteiger partial charge in [0.15, 0.2) is 0 Å². The summed E-state index contributed by atoms with van der Waals surface area (Å²) >= 11 is 0. The van der Waals surface area contributed by atoms with Gasteiger partial charge in [-0.3, -0.25) is 0 Å². The Kier molecular flexibility index (Phi) is 13.2. The first-order chi connectivity index (χ1) is 16.0. The Morgan fingerprint density at radius 2 is 2.00 bits per heavy atom. The molecule has 0 aliphatic rings. The van der Waals surface area contributed by atoms with Gasteiger partial charge in [-0.25, -0.2) is 4.79 Å². The maximum atomic E-state index is 12.0. The molecule has 0 spiro atoms. The lowest BCUT2D eigenvalue weighted by Gasteiger charge is -2.27. The second kappa shape index (κ2) is 15.0. The fourth-order valence-corrected chi connectivity index (χ4v) is 4.11. The van der Waals surface area contributed by atoms with Crippen LogP contribution in [-0.2, 0) is 19.0 Å². The lowest BCUT2D eigenvalue weighted by atomic mass is 9.88. The van der Waals surface area contributed by atoms with Crippen molar-refractivity contribution in [1.29, 1.82) is 0 Å². The minimum absolute atomic E-state index is 0.0542. The predicted octanol–water partition coefficient (Wildman–Crippen LogP) is 5.89. The predicted molar refractivity (Wildman–Crippen MR) is 139 cm³/mol. The van der Waals surface area contributed by atoms with Gasteiger partial charge in [0.2, 0.25) is 0 Å². The molecule has 190 valence electrons. The summed E-state index contributed by atoms with van der Waals surface area (Å²) in [4.78, 5) is 12.0. The van der Waals surface area contributed by atoms with E-state index in [9.17, 15) is 4.79 Å². The molecule has 1 aromatic heterocycles. The van der Waals surface area contributed by atoms with Crippen molar-refractivity contribution in [2.24, 2.45) is 5.92 Å². The summed E-state index contributed by atoms with van der Waals surface area (Å²) in [7, 11) is -1.19. The molecule has 1 heterocycles. The molecule has 0 amide bonds. The minimum Gasteiger partial charge on any atom is -0.463 e. The monoisotopic (exact) mass is 490 g/mol. The summed E-state index contributed by atoms with van der Waals surface area (Å²) in [5.41, 5.74) is 2.33. The Morgan fingerprint density at radius 3 is 2.59 bits per heavy atom. The van der Waals surface area contributed by atoms with Crippen molar-refractivity contribution >= 4 is 20.1 Å². The van der Waals surface area contributed by atoms with Gasteiger partial charge in [-0.2, -0.15) is 0 Å². The Morgan fingerprint density at radius 1 is 1.29 bits per heavy atom. The van der Waals surface area contributed by atoms with Crippen LogP contribution in [0, 0.1) is 24.7 Å². The molecule has 34 heavy (non-hydrogen) atoms. The second-order valence-corrected chi connectivity index (χ2v) is 15.3. The molecule has 1 rings (SSSR count). The van der Waals surface area contributed by atoms with E-state index >= 15 is 0 Å². The molecule has 7 heteroatoms. The average Bonchev–Trinajstić information content (AvgIpc) is 3.10. The van der Waals surface area contributed by atoms with Crippen molar-refractivity contribution in [1.82, 2.24) is 0 Å². The average molecular weight is 491 g/mol. The highest BCUT2D eigenvalue weighted by atomic mass is 28.3. The molecule has 0 aliphatic carbocycles. The number of hydrogen-bond acceptors (Lipinski definition) is 6. The normalized spacial score (nSPS) is 13.7. The van der Waals surface area contributed by atoms with Crippen LogP contribution in [0.2, 0.25) is 25.7 Å². The number of carbonyl (C=O) groups is 1. The number of esters is 1. The zero-order valence-corrected chi connectivity index (χ0v) is 23.0. The SMILES string of the molecule is C=C(C)[C@H](CCC#CCO)[C@H](OCOCC[Si](C)(C)C)c1oc(/C=C(/C)C(=O)OCC)cc1C. The van der Waals surface area contributed by atoms with Gasteiger partial charge in [-0.1, -0.05) is 37.7 Å². The van der Waals surface area contributed by atoms with E-state index in [0.717, 1.165) is 17.2 Å². The lowest BCUT2D eigenvalue weighted by molar-refractivity contribution is -0.138. The third kappa shape index (κ3) is 10.9. The smallest absolute Gasteiger partial charge is 0.333 e. The summed E-state index contributed by atoms with van der Waals surface area (Å²) in [6, 6.07) is 2.95. The van der Waals surface area contributed by atoms with Crippen LogP contribution >= 0.6 is 0 Å². The highest BCUT2D eigenvalue weighted by Gasteiger charge is 2.29. The topological polar surface area (TPSA) is 78.1 Å². The van der Waals surface area contributed by atoms with Gasteiger partial charge in [0.25, 0.3) is 0 Å². The summed E-state index contributed by atoms with van der Waals surface area (Å²) in [5, 5.41) is 8.95.